The molecule has 0 spiro atoms. The van der Waals surface area contributed by atoms with E-state index in [1.165, 1.54) is 122 Å². The first kappa shape index (κ1) is 97.0. The number of phenols is 15. The summed E-state index contributed by atoms with van der Waals surface area (Å²) in [5, 5.41) is 153. The van der Waals surface area contributed by atoms with E-state index in [1.54, 1.807) is 154 Å². The molecule has 16 N–H and O–H groups in total. The number of aliphatic hydroxyl groups excluding tert-OH is 1. The van der Waals surface area contributed by atoms with Crippen molar-refractivity contribution in [3.05, 3.63) is 382 Å². The quantitative estimate of drug-likeness (QED) is 0.0597. The fourth-order valence-electron chi connectivity index (χ4n) is 15.9. The second kappa shape index (κ2) is 42.1. The first-order valence-electron chi connectivity index (χ1n) is 42.7. The number of ether oxygens (including phenoxy) is 4. The van der Waals surface area contributed by atoms with Crippen LogP contribution in [0.15, 0.2) is 292 Å². The van der Waals surface area contributed by atoms with Crippen LogP contribution in [0.5, 0.6) is 109 Å². The molecule has 702 valence electrons. The summed E-state index contributed by atoms with van der Waals surface area (Å²) in [7, 11) is 0. The van der Waals surface area contributed by atoms with Crippen molar-refractivity contribution in [3.63, 3.8) is 0 Å². The van der Waals surface area contributed by atoms with Gasteiger partial charge in [-0.25, -0.2) is 0 Å². The maximum atomic E-state index is 12.6. The number of aromatic hydroxyl groups is 15. The van der Waals surface area contributed by atoms with Gasteiger partial charge in [-0.2, -0.15) is 0 Å². The number of hydrogen-bond donors (Lipinski definition) is 16. The molecule has 138 heavy (non-hydrogen) atoms. The van der Waals surface area contributed by atoms with E-state index in [1.807, 2.05) is 26.0 Å². The molecular weight excluding hydrogens is 1810 g/mol. The summed E-state index contributed by atoms with van der Waals surface area (Å²) < 4.78 is 33.3. The molecule has 6 heterocycles. The second-order valence-corrected chi connectivity index (χ2v) is 33.6. The highest BCUT2D eigenvalue weighted by Crippen LogP contribution is 2.46. The zero-order valence-electron chi connectivity index (χ0n) is 74.2. The topological polar surface area (TPSA) is 472 Å². The molecule has 0 amide bonds. The highest BCUT2D eigenvalue weighted by Gasteiger charge is 2.36. The minimum atomic E-state index is -0.691. The smallest absolute Gasteiger partial charge is 0.200 e. The molecule has 0 bridgehead atoms. The number of halogens is 2. The largest absolute Gasteiger partial charge is 0.508 e. The Kier molecular flexibility index (Phi) is 29.6. The van der Waals surface area contributed by atoms with Crippen LogP contribution >= 0.6 is 23.2 Å². The molecule has 2 aromatic heterocycles. The van der Waals surface area contributed by atoms with Crippen molar-refractivity contribution >= 4 is 74.1 Å². The zero-order chi connectivity index (χ0) is 98.8. The maximum absolute atomic E-state index is 12.6. The number of phenolic OH excluding ortho intramolecular Hbond substituents is 15. The first-order chi connectivity index (χ1) is 65.9. The van der Waals surface area contributed by atoms with Gasteiger partial charge in [0.1, 0.15) is 153 Å². The number of Topliss-reactive ketones (excluding diaryl/α,β-unsaturated/α-hetero) is 3. The van der Waals surface area contributed by atoms with Gasteiger partial charge in [0, 0.05) is 65.4 Å². The van der Waals surface area contributed by atoms with Crippen LogP contribution in [0.4, 0.5) is 0 Å². The predicted molar refractivity (Wildman–Crippen MR) is 519 cm³/mol. The Morgan fingerprint density at radius 3 is 1.36 bits per heavy atom. The van der Waals surface area contributed by atoms with Gasteiger partial charge in [0.15, 0.2) is 17.3 Å². The van der Waals surface area contributed by atoms with Gasteiger partial charge in [-0.05, 0) is 234 Å². The highest BCUT2D eigenvalue weighted by molar-refractivity contribution is 6.33. The van der Waals surface area contributed by atoms with Crippen molar-refractivity contribution < 1.29 is 124 Å². The van der Waals surface area contributed by atoms with E-state index >= 15 is 0 Å². The summed E-state index contributed by atoms with van der Waals surface area (Å²) in [5.74, 6) is 1.26. The Balaban J connectivity index is 0.000000129. The second-order valence-electron chi connectivity index (χ2n) is 32.7. The molecule has 0 radical (unpaired) electrons. The van der Waals surface area contributed by atoms with Gasteiger partial charge in [-0.3, -0.25) is 24.0 Å². The molecule has 29 heteroatoms. The molecule has 0 saturated heterocycles. The average Bonchev–Trinajstić information content (AvgIpc) is 0.748. The lowest BCUT2D eigenvalue weighted by atomic mass is 9.85. The van der Waals surface area contributed by atoms with E-state index in [0.29, 0.717) is 103 Å². The van der Waals surface area contributed by atoms with Crippen LogP contribution in [-0.2, 0) is 0 Å². The van der Waals surface area contributed by atoms with Crippen LogP contribution in [-0.4, -0.2) is 125 Å². The fourth-order valence-corrected chi connectivity index (χ4v) is 16.2. The van der Waals surface area contributed by atoms with Crippen LogP contribution in [0.2, 0.25) is 10.0 Å². The zero-order valence-corrected chi connectivity index (χ0v) is 75.7. The average molecular weight is 1900 g/mol. The number of aliphatic hydroxyl groups is 1. The Bertz CT molecular complexity index is 7410. The van der Waals surface area contributed by atoms with Gasteiger partial charge in [0.05, 0.1) is 73.2 Å². The lowest BCUT2D eigenvalue weighted by Crippen LogP contribution is -2.26. The molecular formula is C109H90Cl2O27. The van der Waals surface area contributed by atoms with Gasteiger partial charge in [0.2, 0.25) is 10.9 Å². The van der Waals surface area contributed by atoms with Gasteiger partial charge >= 0.3 is 0 Å². The Labute approximate surface area is 797 Å². The van der Waals surface area contributed by atoms with E-state index in [4.69, 9.17) is 51.0 Å². The summed E-state index contributed by atoms with van der Waals surface area (Å²) in [5.41, 5.74) is 13.5. The summed E-state index contributed by atoms with van der Waals surface area (Å²) >= 11 is 11.6. The van der Waals surface area contributed by atoms with Crippen LogP contribution in [0, 0.1) is 27.7 Å². The van der Waals surface area contributed by atoms with Crippen LogP contribution in [0.25, 0.3) is 55.8 Å². The third kappa shape index (κ3) is 22.4. The minimum Gasteiger partial charge on any atom is -0.508 e. The van der Waals surface area contributed by atoms with Crippen molar-refractivity contribution in [1.29, 1.82) is 0 Å². The molecule has 5 unspecified atom stereocenters. The lowest BCUT2D eigenvalue weighted by molar-refractivity contribution is 0.0878. The molecule has 16 aromatic rings. The van der Waals surface area contributed by atoms with Crippen molar-refractivity contribution in [2.24, 2.45) is 0 Å². The number of rotatable bonds is 9. The van der Waals surface area contributed by atoms with E-state index in [9.17, 15) is 106 Å². The number of hydrogen-bond acceptors (Lipinski definition) is 27. The molecule has 14 aromatic carbocycles. The summed E-state index contributed by atoms with van der Waals surface area (Å²) in [6.07, 6.45) is 4.07. The van der Waals surface area contributed by atoms with Crippen molar-refractivity contribution in [1.82, 2.24) is 0 Å². The van der Waals surface area contributed by atoms with Crippen LogP contribution in [0.3, 0.4) is 0 Å². The summed E-state index contributed by atoms with van der Waals surface area (Å²) in [4.78, 5) is 62.3. The SMILES string of the molecule is CC(C(=O)c1ccc(O)cc1O)c1ccc(O)cc1.Cc1cc(O)cc2c1C(=O)C(c1ccc(O)cc1)CO2.Cc1cc(O)cc2c1C(O)C(c1ccc(O)cc1)CO2.Cc1cc(O)cc2c1C=C(c1ccc(O)cc1)CO2.Cc1cc(O)cc2occ(-c3ccc(O)cc3)c(=O)c12.O=C1c2cc(Cl)c(O)cc2OCC1c1ccc(O)cc1.O=c1c(-c2ccc(O)cc2)coc2cc(O)c(Cl)cc12. The van der Waals surface area contributed by atoms with E-state index < -0.39 is 17.9 Å². The van der Waals surface area contributed by atoms with E-state index in [-0.39, 0.29) is 161 Å². The van der Waals surface area contributed by atoms with Gasteiger partial charge < -0.3 is 109 Å². The summed E-state index contributed by atoms with van der Waals surface area (Å²) in [6, 6.07) is 67.5. The Morgan fingerprint density at radius 1 is 0.362 bits per heavy atom. The van der Waals surface area contributed by atoms with Gasteiger partial charge in [-0.15, -0.1) is 0 Å². The number of carbonyl (C=O) groups is 3. The number of carbonyl (C=O) groups excluding carboxylic acids is 3. The molecule has 20 rings (SSSR count). The lowest BCUT2D eigenvalue weighted by Gasteiger charge is -2.32. The number of ketones is 3. The number of aryl methyl sites for hydroxylation is 4. The Morgan fingerprint density at radius 2 is 0.797 bits per heavy atom. The van der Waals surface area contributed by atoms with Gasteiger partial charge in [-0.1, -0.05) is 115 Å². The van der Waals surface area contributed by atoms with Crippen LogP contribution < -0.4 is 29.8 Å². The molecule has 0 saturated carbocycles. The summed E-state index contributed by atoms with van der Waals surface area (Å²) in [6.45, 7) is 10.3. The Hall–Kier alpha value is -17.0. The molecule has 4 aliphatic heterocycles. The monoisotopic (exact) mass is 1900 g/mol. The van der Waals surface area contributed by atoms with E-state index in [2.05, 4.69) is 6.08 Å². The van der Waals surface area contributed by atoms with Crippen molar-refractivity contribution in [3.8, 4) is 131 Å². The molecule has 0 fully saturated rings. The van der Waals surface area contributed by atoms with E-state index in [0.717, 1.165) is 56.1 Å². The van der Waals surface area contributed by atoms with Crippen molar-refractivity contribution in [2.45, 2.75) is 64.4 Å². The molecule has 27 nitrogen and oxygen atoms in total. The fraction of sp³-hybridized carbons (Fsp3) is 0.128. The molecule has 5 atom stereocenters. The predicted octanol–water partition coefficient (Wildman–Crippen LogP) is 21.3. The third-order valence-corrected chi connectivity index (χ3v) is 23.8. The normalized spacial score (nSPS) is 14.8. The number of benzene rings is 14. The highest BCUT2D eigenvalue weighted by atomic mass is 35.5. The molecule has 0 aliphatic carbocycles. The van der Waals surface area contributed by atoms with Gasteiger partial charge in [0.25, 0.3) is 0 Å². The minimum absolute atomic E-state index is 0.0190. The first-order valence-corrected chi connectivity index (χ1v) is 43.5. The maximum Gasteiger partial charge on any atom is 0.200 e. The van der Waals surface area contributed by atoms with Crippen molar-refractivity contribution in [2.75, 3.05) is 26.4 Å². The number of fused-ring (bicyclic) bond motifs is 6. The third-order valence-electron chi connectivity index (χ3n) is 23.2. The van der Waals surface area contributed by atoms with Crippen LogP contribution in [0.1, 0.15) is 129 Å². The molecule has 4 aliphatic rings. The standard InChI is InChI=1S/C16H16O4.C16H14O4.C16H12O4.C16H14O3.C15H11ClO4.C15H9ClO4.C15H14O4/c3*1-9-6-12(18)7-14-15(9)16(19)13(8-20-14)10-2-4-11(17)5-3-10;1-10-6-14(18)8-16-15(10)7-12(9-19-16)11-2-4-13(17)5-3-11;2*16-12-5-10-14(6-13(12)18)20-7-11(15(10)19)8-1-3-9(17)4-2-8;1-9(10-2-4-11(16)5-3-10)15(19)13-7-6-12(17)8-14(13)18/h2-7,13,16-19H,8H2,1H3;2-7,13,17-18H,8H2,1H3;2-8,17-18H,1H3;2-8,17-18H,9H2,1H3;1-6,11,17-18H,7H2;1-7,17-18H;2-9,16-18H,1H3.